The molecule has 3 fully saturated rings. The molecule has 0 aromatic rings. The molecule has 0 aromatic heterocycles. The highest BCUT2D eigenvalue weighted by molar-refractivity contribution is 4.96. The lowest BCUT2D eigenvalue weighted by atomic mass is 9.96. The molecule has 0 amide bonds. The molecule has 3 aliphatic heterocycles. The van der Waals surface area contributed by atoms with Crippen molar-refractivity contribution in [3.8, 4) is 0 Å². The Morgan fingerprint density at radius 1 is 0.608 bits per heavy atom. The summed E-state index contributed by atoms with van der Waals surface area (Å²) in [7, 11) is 0. The number of hydrogen-bond donors (Lipinski definition) is 14. The molecule has 19 unspecified atom stereocenters. The maximum Gasteiger partial charge on any atom is 0.187 e. The SMILES string of the molecule is CC.CC(OC1OC(CO)C(OC2OC(CO)C(OC3OC(CO)C(O)C(O)C3O)C(O)C2O)C(O)C1O)C(CO)OC(OCCN)C(O)CO. The van der Waals surface area contributed by atoms with E-state index in [1.54, 1.807) is 0 Å². The molecule has 3 saturated heterocycles. The van der Waals surface area contributed by atoms with Crippen molar-refractivity contribution in [1.82, 2.24) is 0 Å². The Morgan fingerprint density at radius 2 is 1.06 bits per heavy atom. The molecule has 0 aliphatic carbocycles. The van der Waals surface area contributed by atoms with Gasteiger partial charge in [-0.05, 0) is 6.92 Å². The molecule has 3 aliphatic rings. The van der Waals surface area contributed by atoms with Crippen LogP contribution >= 0.6 is 0 Å². The molecule has 0 bridgehead atoms. The van der Waals surface area contributed by atoms with Crippen LogP contribution in [0, 0.1) is 0 Å². The van der Waals surface area contributed by atoms with Crippen LogP contribution in [0.4, 0.5) is 0 Å². The van der Waals surface area contributed by atoms with Crippen molar-refractivity contribution in [3.05, 3.63) is 0 Å². The van der Waals surface area contributed by atoms with E-state index >= 15 is 0 Å². The van der Waals surface area contributed by atoms with Crippen molar-refractivity contribution >= 4 is 0 Å². The van der Waals surface area contributed by atoms with Crippen molar-refractivity contribution in [2.24, 2.45) is 5.73 Å². The molecule has 22 nitrogen and oxygen atoms in total. The first-order chi connectivity index (χ1) is 24.3. The summed E-state index contributed by atoms with van der Waals surface area (Å²) in [6.45, 7) is 1.42. The molecule has 19 atom stereocenters. The molecular formula is C29H57NO21. The summed E-state index contributed by atoms with van der Waals surface area (Å²) in [6.07, 6.45) is -31.4. The second kappa shape index (κ2) is 22.5. The Balaban J connectivity index is 0.00000442. The van der Waals surface area contributed by atoms with Crippen LogP contribution in [0.25, 0.3) is 0 Å². The fraction of sp³-hybridized carbons (Fsp3) is 1.00. The van der Waals surface area contributed by atoms with Crippen LogP contribution in [0.5, 0.6) is 0 Å². The van der Waals surface area contributed by atoms with Gasteiger partial charge < -0.3 is 110 Å². The Morgan fingerprint density at radius 3 is 1.51 bits per heavy atom. The predicted octanol–water partition coefficient (Wildman–Crippen LogP) is -8.10. The zero-order chi connectivity index (χ0) is 38.6. The lowest BCUT2D eigenvalue weighted by Gasteiger charge is -2.48. The minimum absolute atomic E-state index is 0.0542. The number of aliphatic hydroxyl groups is 13. The minimum atomic E-state index is -2.00. The Kier molecular flexibility index (Phi) is 20.4. The molecule has 304 valence electrons. The number of nitrogens with two attached hydrogens (primary N) is 1. The van der Waals surface area contributed by atoms with Crippen LogP contribution in [-0.2, 0) is 37.9 Å². The molecule has 0 aromatic carbocycles. The summed E-state index contributed by atoms with van der Waals surface area (Å²) < 4.78 is 44.0. The average Bonchev–Trinajstić information content (AvgIpc) is 3.14. The normalized spacial score (nSPS) is 41.2. The van der Waals surface area contributed by atoms with Crippen LogP contribution in [0.15, 0.2) is 0 Å². The van der Waals surface area contributed by atoms with E-state index in [1.165, 1.54) is 6.92 Å². The molecule has 22 heteroatoms. The van der Waals surface area contributed by atoms with Gasteiger partial charge in [-0.25, -0.2) is 0 Å². The quantitative estimate of drug-likeness (QED) is 0.0578. The van der Waals surface area contributed by atoms with Crippen molar-refractivity contribution in [2.75, 3.05) is 46.2 Å². The van der Waals surface area contributed by atoms with Gasteiger partial charge in [0.05, 0.1) is 45.7 Å². The Hall–Kier alpha value is -0.880. The van der Waals surface area contributed by atoms with Crippen molar-refractivity contribution in [1.29, 1.82) is 0 Å². The number of rotatable bonds is 18. The maximum absolute atomic E-state index is 11.0. The third-order valence-electron chi connectivity index (χ3n) is 8.33. The predicted molar refractivity (Wildman–Crippen MR) is 165 cm³/mol. The van der Waals surface area contributed by atoms with Gasteiger partial charge in [0.25, 0.3) is 0 Å². The first-order valence-corrected chi connectivity index (χ1v) is 16.7. The van der Waals surface area contributed by atoms with Crippen LogP contribution in [-0.4, -0.2) is 229 Å². The zero-order valence-electron chi connectivity index (χ0n) is 28.6. The highest BCUT2D eigenvalue weighted by atomic mass is 16.8. The second-order valence-electron chi connectivity index (χ2n) is 11.8. The average molecular weight is 756 g/mol. The number of hydrogen-bond acceptors (Lipinski definition) is 22. The Labute approximate surface area is 294 Å². The topological polar surface area (TPSA) is 363 Å². The summed E-state index contributed by atoms with van der Waals surface area (Å²) >= 11 is 0. The number of aliphatic hydroxyl groups excluding tert-OH is 13. The standard InChI is InChI=1S/C27H51NO21.C2H6/c1-9(11(5-30)44-24(10(34)4-29)42-3-2-28)43-25-20(40)17(37)22(13(7-32)46-25)49-27-21(41)18(38)23(14(8-33)47-27)48-26-19(39)16(36)15(35)12(6-31)45-26;1-2/h9-27,29-41H,2-8,28H2,1H3;1-2H3. The van der Waals surface area contributed by atoms with Gasteiger partial charge in [0.2, 0.25) is 0 Å². The van der Waals surface area contributed by atoms with E-state index in [2.05, 4.69) is 0 Å². The minimum Gasteiger partial charge on any atom is -0.394 e. The Bertz CT molecular complexity index is 939. The van der Waals surface area contributed by atoms with Gasteiger partial charge in [0, 0.05) is 6.54 Å². The molecule has 51 heavy (non-hydrogen) atoms. The zero-order valence-corrected chi connectivity index (χ0v) is 28.6. The van der Waals surface area contributed by atoms with Gasteiger partial charge >= 0.3 is 0 Å². The van der Waals surface area contributed by atoms with E-state index in [0.717, 1.165) is 0 Å². The van der Waals surface area contributed by atoms with Gasteiger partial charge in [-0.15, -0.1) is 0 Å². The second-order valence-corrected chi connectivity index (χ2v) is 11.8. The lowest BCUT2D eigenvalue weighted by Crippen LogP contribution is -2.66. The van der Waals surface area contributed by atoms with Crippen molar-refractivity contribution < 1.29 is 104 Å². The summed E-state index contributed by atoms with van der Waals surface area (Å²) in [5.41, 5.74) is 5.40. The molecule has 0 radical (unpaired) electrons. The first-order valence-electron chi connectivity index (χ1n) is 16.7. The molecule has 0 spiro atoms. The van der Waals surface area contributed by atoms with Crippen LogP contribution in [0.3, 0.4) is 0 Å². The molecule has 3 rings (SSSR count). The molecule has 15 N–H and O–H groups in total. The summed E-state index contributed by atoms with van der Waals surface area (Å²) in [5, 5.41) is 132. The highest BCUT2D eigenvalue weighted by Crippen LogP contribution is 2.33. The largest absolute Gasteiger partial charge is 0.394 e. The van der Waals surface area contributed by atoms with Gasteiger partial charge in [-0.2, -0.15) is 0 Å². The third kappa shape index (κ3) is 11.6. The molecule has 0 saturated carbocycles. The smallest absolute Gasteiger partial charge is 0.187 e. The first kappa shape index (κ1) is 46.3. The van der Waals surface area contributed by atoms with E-state index in [9.17, 15) is 66.4 Å². The van der Waals surface area contributed by atoms with Gasteiger partial charge in [0.15, 0.2) is 25.2 Å². The summed E-state index contributed by atoms with van der Waals surface area (Å²) in [4.78, 5) is 0. The fourth-order valence-electron chi connectivity index (χ4n) is 5.44. The summed E-state index contributed by atoms with van der Waals surface area (Å²) in [6, 6.07) is 0. The lowest BCUT2D eigenvalue weighted by molar-refractivity contribution is -0.382. The monoisotopic (exact) mass is 755 g/mol. The van der Waals surface area contributed by atoms with Crippen LogP contribution < -0.4 is 5.73 Å². The van der Waals surface area contributed by atoms with E-state index in [0.29, 0.717) is 0 Å². The van der Waals surface area contributed by atoms with Crippen molar-refractivity contribution in [2.45, 2.75) is 137 Å². The van der Waals surface area contributed by atoms with Crippen molar-refractivity contribution in [3.63, 3.8) is 0 Å². The fourth-order valence-corrected chi connectivity index (χ4v) is 5.44. The molecule has 3 heterocycles. The van der Waals surface area contributed by atoms with Gasteiger partial charge in [-0.3, -0.25) is 0 Å². The number of ether oxygens (including phenoxy) is 8. The third-order valence-corrected chi connectivity index (χ3v) is 8.33. The van der Waals surface area contributed by atoms with Crippen LogP contribution in [0.2, 0.25) is 0 Å². The highest BCUT2D eigenvalue weighted by Gasteiger charge is 2.53. The van der Waals surface area contributed by atoms with E-state index in [4.69, 9.17) is 43.6 Å². The van der Waals surface area contributed by atoms with E-state index in [-0.39, 0.29) is 13.2 Å². The van der Waals surface area contributed by atoms with E-state index < -0.39 is 150 Å². The molecular weight excluding hydrogens is 698 g/mol. The maximum atomic E-state index is 11.0. The summed E-state index contributed by atoms with van der Waals surface area (Å²) in [5.74, 6) is 0. The van der Waals surface area contributed by atoms with Gasteiger partial charge in [-0.1, -0.05) is 13.8 Å². The van der Waals surface area contributed by atoms with E-state index in [1.807, 2.05) is 13.8 Å². The van der Waals surface area contributed by atoms with Gasteiger partial charge in [0.1, 0.15) is 85.5 Å². The van der Waals surface area contributed by atoms with Crippen LogP contribution in [0.1, 0.15) is 20.8 Å².